The highest BCUT2D eigenvalue weighted by atomic mass is 35.5. The molecule has 0 saturated carbocycles. The fourth-order valence-electron chi connectivity index (χ4n) is 6.73. The van der Waals surface area contributed by atoms with Crippen molar-refractivity contribution in [3.8, 4) is 11.8 Å². The zero-order valence-corrected chi connectivity index (χ0v) is 30.4. The maximum absolute atomic E-state index is 14.5. The minimum Gasteiger partial charge on any atom is -0.612 e. The summed E-state index contributed by atoms with van der Waals surface area (Å²) in [7, 11) is 2.68. The Hall–Kier alpha value is -3.85. The van der Waals surface area contributed by atoms with Crippen LogP contribution in [0, 0.1) is 17.1 Å². The molecule has 1 aliphatic heterocycles. The molecule has 1 amide bonds. The van der Waals surface area contributed by atoms with E-state index < -0.39 is 28.9 Å². The Labute approximate surface area is 304 Å². The number of ether oxygens (including phenoxy) is 2. The van der Waals surface area contributed by atoms with Crippen LogP contribution in [-0.2, 0) is 20.7 Å². The second kappa shape index (κ2) is 16.9. The first-order valence-corrected chi connectivity index (χ1v) is 18.5. The van der Waals surface area contributed by atoms with Crippen LogP contribution in [0.25, 0.3) is 10.8 Å². The molecule has 50 heavy (non-hydrogen) atoms. The molecule has 0 bridgehead atoms. The minimum atomic E-state index is -1.30. The summed E-state index contributed by atoms with van der Waals surface area (Å²) in [5.74, 6) is -1.43. The second-order valence-corrected chi connectivity index (χ2v) is 14.5. The summed E-state index contributed by atoms with van der Waals surface area (Å²) in [6.07, 6.45) is 3.83. The number of methoxy groups -OCH3 is 2. The van der Waals surface area contributed by atoms with Gasteiger partial charge >= 0.3 is 5.97 Å². The third-order valence-corrected chi connectivity index (χ3v) is 11.0. The Morgan fingerprint density at radius 1 is 1.08 bits per heavy atom. The molecule has 1 aliphatic rings. The maximum Gasteiger partial charge on any atom is 0.325 e. The van der Waals surface area contributed by atoms with Gasteiger partial charge in [-0.2, -0.15) is 5.26 Å². The number of hydrogen-bond donors (Lipinski definition) is 0. The molecule has 262 valence electrons. The number of nitrogens with zero attached hydrogens (tertiary/aromatic N) is 3. The van der Waals surface area contributed by atoms with Crippen LogP contribution in [0.5, 0.6) is 5.75 Å². The van der Waals surface area contributed by atoms with Crippen molar-refractivity contribution in [2.24, 2.45) is 0 Å². The Morgan fingerprint density at radius 2 is 1.82 bits per heavy atom. The highest BCUT2D eigenvalue weighted by Crippen LogP contribution is 2.36. The summed E-state index contributed by atoms with van der Waals surface area (Å²) in [6.45, 7) is 2.05. The van der Waals surface area contributed by atoms with Crippen LogP contribution in [0.4, 0.5) is 4.39 Å². The Morgan fingerprint density at radius 3 is 2.48 bits per heavy atom. The van der Waals surface area contributed by atoms with Crippen LogP contribution >= 0.6 is 23.2 Å². The van der Waals surface area contributed by atoms with E-state index in [1.165, 1.54) is 31.3 Å². The highest BCUT2D eigenvalue weighted by molar-refractivity contribution is 7.90. The lowest BCUT2D eigenvalue weighted by Gasteiger charge is -2.34. The van der Waals surface area contributed by atoms with Crippen molar-refractivity contribution in [3.63, 3.8) is 0 Å². The van der Waals surface area contributed by atoms with E-state index >= 15 is 0 Å². The van der Waals surface area contributed by atoms with Gasteiger partial charge in [-0.05, 0) is 96.6 Å². The van der Waals surface area contributed by atoms with Gasteiger partial charge in [-0.15, -0.1) is 0 Å². The molecule has 12 heteroatoms. The van der Waals surface area contributed by atoms with Gasteiger partial charge in [0.15, 0.2) is 4.90 Å². The number of nitriles is 1. The van der Waals surface area contributed by atoms with E-state index in [0.29, 0.717) is 38.7 Å². The van der Waals surface area contributed by atoms with Gasteiger partial charge < -0.3 is 23.8 Å². The van der Waals surface area contributed by atoms with E-state index in [1.807, 2.05) is 18.2 Å². The largest absolute Gasteiger partial charge is 0.612 e. The molecule has 1 heterocycles. The van der Waals surface area contributed by atoms with Gasteiger partial charge in [-0.3, -0.25) is 9.59 Å². The molecule has 5 rings (SSSR count). The van der Waals surface area contributed by atoms with Crippen molar-refractivity contribution < 1.29 is 28.0 Å². The van der Waals surface area contributed by atoms with Crippen LogP contribution in [0.3, 0.4) is 0 Å². The van der Waals surface area contributed by atoms with Crippen molar-refractivity contribution >= 4 is 57.0 Å². The summed E-state index contributed by atoms with van der Waals surface area (Å²) in [5.41, 5.74) is 2.17. The Kier molecular flexibility index (Phi) is 12.6. The Bertz CT molecular complexity index is 1910. The minimum absolute atomic E-state index is 0.135. The molecule has 1 fully saturated rings. The van der Waals surface area contributed by atoms with Crippen LogP contribution < -0.4 is 4.74 Å². The quantitative estimate of drug-likeness (QED) is 0.109. The number of esters is 1. The predicted molar refractivity (Wildman–Crippen MR) is 194 cm³/mol. The fourth-order valence-corrected chi connectivity index (χ4v) is 7.88. The molecule has 4 aromatic rings. The number of piperidine rings is 1. The van der Waals surface area contributed by atoms with Crippen LogP contribution in [0.15, 0.2) is 71.6 Å². The van der Waals surface area contributed by atoms with Crippen molar-refractivity contribution in [2.45, 2.75) is 36.0 Å². The standard InChI is InChI=1S/C38H38Cl2FN3O5S/c1-48-35(45)23-44(38(46)36-31-7-5-4-6-26(31)18-28(21-42)37(36)49-2)22-27(25-8-11-32(39)33(40)19-25)14-17-43-15-12-24(13-16-43)30-10-9-29(41)20-34(30)50(3)47/h4-11,18-20,24,27H,12-17,22-23H2,1-3H3/t27-,50+/m1/s1. The predicted octanol–water partition coefficient (Wildman–Crippen LogP) is 7.57. The third-order valence-electron chi connectivity index (χ3n) is 9.34. The zero-order valence-electron chi connectivity index (χ0n) is 28.1. The first-order chi connectivity index (χ1) is 24.0. The number of carbonyl (C=O) groups excluding carboxylic acids is 2. The smallest absolute Gasteiger partial charge is 0.325 e. The monoisotopic (exact) mass is 737 g/mol. The first kappa shape index (κ1) is 37.4. The van der Waals surface area contributed by atoms with Crippen molar-refractivity contribution in [1.82, 2.24) is 9.80 Å². The number of halogens is 3. The van der Waals surface area contributed by atoms with Gasteiger partial charge in [0.2, 0.25) is 0 Å². The van der Waals surface area contributed by atoms with Crippen LogP contribution in [-0.4, -0.2) is 79.4 Å². The van der Waals surface area contributed by atoms with Gasteiger partial charge in [0, 0.05) is 24.1 Å². The summed E-state index contributed by atoms with van der Waals surface area (Å²) >= 11 is 11.5. The summed E-state index contributed by atoms with van der Waals surface area (Å²) in [4.78, 5) is 31.6. The van der Waals surface area contributed by atoms with Gasteiger partial charge in [0.05, 0.1) is 35.4 Å². The van der Waals surface area contributed by atoms with Gasteiger partial charge in [-0.1, -0.05) is 59.6 Å². The molecule has 0 aliphatic carbocycles. The summed E-state index contributed by atoms with van der Waals surface area (Å²) in [5, 5.41) is 12.0. The number of amides is 1. The number of likely N-dealkylation sites (tertiary alicyclic amines) is 1. The third kappa shape index (κ3) is 8.53. The molecule has 0 N–H and O–H groups in total. The number of benzene rings is 4. The van der Waals surface area contributed by atoms with E-state index in [1.54, 1.807) is 42.7 Å². The van der Waals surface area contributed by atoms with Crippen molar-refractivity contribution in [3.05, 3.63) is 105 Å². The lowest BCUT2D eigenvalue weighted by atomic mass is 9.88. The van der Waals surface area contributed by atoms with Crippen LogP contribution in [0.1, 0.15) is 58.1 Å². The maximum atomic E-state index is 14.5. The molecule has 0 aromatic heterocycles. The molecule has 2 atom stereocenters. The van der Waals surface area contributed by atoms with Gasteiger partial charge in [0.1, 0.15) is 30.4 Å². The molecule has 4 aromatic carbocycles. The van der Waals surface area contributed by atoms with E-state index in [9.17, 15) is 23.8 Å². The average molecular weight is 739 g/mol. The zero-order chi connectivity index (χ0) is 35.9. The lowest BCUT2D eigenvalue weighted by Crippen LogP contribution is -2.40. The van der Waals surface area contributed by atoms with E-state index in [-0.39, 0.29) is 41.8 Å². The van der Waals surface area contributed by atoms with Crippen molar-refractivity contribution in [1.29, 1.82) is 5.26 Å². The molecular weight excluding hydrogens is 700 g/mol. The molecule has 0 spiro atoms. The highest BCUT2D eigenvalue weighted by Gasteiger charge is 2.31. The Balaban J connectivity index is 1.42. The molecule has 0 radical (unpaired) electrons. The van der Waals surface area contributed by atoms with Crippen molar-refractivity contribution in [2.75, 3.05) is 53.2 Å². The van der Waals surface area contributed by atoms with Gasteiger partial charge in [-0.25, -0.2) is 4.39 Å². The van der Waals surface area contributed by atoms with E-state index in [2.05, 4.69) is 11.0 Å². The average Bonchev–Trinajstić information content (AvgIpc) is 3.12. The lowest BCUT2D eigenvalue weighted by molar-refractivity contribution is -0.141. The normalized spacial score (nSPS) is 14.9. The van der Waals surface area contributed by atoms with Gasteiger partial charge in [0.25, 0.3) is 5.91 Å². The topological polar surface area (TPSA) is 106 Å². The molecule has 1 saturated heterocycles. The molecule has 0 unspecified atom stereocenters. The fraction of sp³-hybridized carbons (Fsp3) is 0.342. The summed E-state index contributed by atoms with van der Waals surface area (Å²) < 4.78 is 36.9. The van der Waals surface area contributed by atoms with Crippen LogP contribution in [0.2, 0.25) is 10.0 Å². The number of fused-ring (bicyclic) bond motifs is 1. The number of carbonyl (C=O) groups is 2. The number of rotatable bonds is 12. The number of hydrogen-bond acceptors (Lipinski definition) is 7. The van der Waals surface area contributed by atoms with E-state index in [4.69, 9.17) is 32.7 Å². The molecular formula is C38H38Cl2FN3O5S. The first-order valence-electron chi connectivity index (χ1n) is 16.2. The van der Waals surface area contributed by atoms with E-state index in [0.717, 1.165) is 37.1 Å². The second-order valence-electron chi connectivity index (χ2n) is 12.3. The summed E-state index contributed by atoms with van der Waals surface area (Å²) in [6, 6.07) is 21.0. The molecule has 8 nitrogen and oxygen atoms in total. The SMILES string of the molecule is COC(=O)CN(C[C@@H](CCN1CCC(c2ccc(F)cc2[S@+](C)[O-])CC1)c1ccc(Cl)c(Cl)c1)C(=O)c1c(OC)c(C#N)cc2ccccc12.